The zero-order valence-corrected chi connectivity index (χ0v) is 16.2. The molecular weight excluding hydrogens is 371 g/mol. The van der Waals surface area contributed by atoms with E-state index in [2.05, 4.69) is 20.6 Å². The number of amides is 1. The standard InChI is InChI=1S/C22H21FN4O2/c1-14-12-20(21(29)26-19-5-3-4-17(13-19)15(2)28)27-22(25-14)24-11-10-16-6-8-18(23)9-7-16/h3-9,12-13H,10-11H2,1-2H3,(H,26,29)(H,24,25,27). The number of hydrogen-bond donors (Lipinski definition) is 2. The summed E-state index contributed by atoms with van der Waals surface area (Å²) in [6, 6.07) is 14.6. The van der Waals surface area contributed by atoms with Crippen LogP contribution in [0.3, 0.4) is 0 Å². The highest BCUT2D eigenvalue weighted by Crippen LogP contribution is 2.13. The highest BCUT2D eigenvalue weighted by Gasteiger charge is 2.12. The smallest absolute Gasteiger partial charge is 0.274 e. The number of nitrogens with one attached hydrogen (secondary N) is 2. The molecule has 1 amide bonds. The molecule has 3 aromatic rings. The summed E-state index contributed by atoms with van der Waals surface area (Å²) < 4.78 is 13.0. The molecule has 0 saturated carbocycles. The first-order valence-electron chi connectivity index (χ1n) is 9.17. The van der Waals surface area contributed by atoms with Crippen molar-refractivity contribution >= 4 is 23.3 Å². The van der Waals surface area contributed by atoms with E-state index < -0.39 is 5.91 Å². The summed E-state index contributed by atoms with van der Waals surface area (Å²) in [6.45, 7) is 3.79. The summed E-state index contributed by atoms with van der Waals surface area (Å²) in [6.07, 6.45) is 0.664. The molecule has 7 heteroatoms. The van der Waals surface area contributed by atoms with Crippen molar-refractivity contribution in [2.45, 2.75) is 20.3 Å². The van der Waals surface area contributed by atoms with Crippen LogP contribution in [0.1, 0.15) is 39.0 Å². The molecule has 0 aliphatic rings. The van der Waals surface area contributed by atoms with E-state index in [1.54, 1.807) is 49.4 Å². The Kier molecular flexibility index (Phi) is 6.29. The van der Waals surface area contributed by atoms with Gasteiger partial charge in [0.05, 0.1) is 0 Å². The number of ketones is 1. The van der Waals surface area contributed by atoms with Crippen LogP contribution >= 0.6 is 0 Å². The molecule has 0 fully saturated rings. The van der Waals surface area contributed by atoms with Gasteiger partial charge in [-0.3, -0.25) is 9.59 Å². The van der Waals surface area contributed by atoms with Crippen LogP contribution in [0.15, 0.2) is 54.6 Å². The second-order valence-corrected chi connectivity index (χ2v) is 6.61. The maximum atomic E-state index is 13.0. The number of nitrogens with zero attached hydrogens (tertiary/aromatic N) is 2. The molecule has 1 aromatic heterocycles. The Balaban J connectivity index is 1.66. The third-order valence-electron chi connectivity index (χ3n) is 4.22. The Morgan fingerprint density at radius 2 is 1.79 bits per heavy atom. The Bertz CT molecular complexity index is 1040. The topological polar surface area (TPSA) is 84.0 Å². The molecule has 29 heavy (non-hydrogen) atoms. The van der Waals surface area contributed by atoms with Crippen LogP contribution in [0.4, 0.5) is 16.0 Å². The molecule has 2 aromatic carbocycles. The molecule has 0 atom stereocenters. The van der Waals surface area contributed by atoms with Crippen molar-refractivity contribution in [1.29, 1.82) is 0 Å². The van der Waals surface area contributed by atoms with E-state index in [0.29, 0.717) is 35.9 Å². The zero-order valence-electron chi connectivity index (χ0n) is 16.2. The summed E-state index contributed by atoms with van der Waals surface area (Å²) in [5.74, 6) is -0.396. The predicted molar refractivity (Wildman–Crippen MR) is 110 cm³/mol. The molecule has 0 unspecified atom stereocenters. The number of Topliss-reactive ketones (excluding diaryl/α,β-unsaturated/α-hetero) is 1. The van der Waals surface area contributed by atoms with Crippen LogP contribution in [0.5, 0.6) is 0 Å². The molecule has 148 valence electrons. The molecule has 0 aliphatic heterocycles. The minimum atomic E-state index is -0.391. The van der Waals surface area contributed by atoms with Gasteiger partial charge in [0, 0.05) is 23.5 Å². The van der Waals surface area contributed by atoms with E-state index in [0.717, 1.165) is 5.56 Å². The van der Waals surface area contributed by atoms with Crippen molar-refractivity contribution in [3.8, 4) is 0 Å². The average Bonchev–Trinajstić information content (AvgIpc) is 2.69. The van der Waals surface area contributed by atoms with Crippen LogP contribution < -0.4 is 10.6 Å². The van der Waals surface area contributed by atoms with Gasteiger partial charge in [0.1, 0.15) is 11.5 Å². The van der Waals surface area contributed by atoms with Gasteiger partial charge in [-0.25, -0.2) is 14.4 Å². The number of hydrogen-bond acceptors (Lipinski definition) is 5. The molecule has 0 saturated heterocycles. The van der Waals surface area contributed by atoms with Crippen molar-refractivity contribution in [2.24, 2.45) is 0 Å². The number of halogens is 1. The SMILES string of the molecule is CC(=O)c1cccc(NC(=O)c2cc(C)nc(NCCc3ccc(F)cc3)n2)c1. The van der Waals surface area contributed by atoms with E-state index in [1.165, 1.54) is 19.1 Å². The van der Waals surface area contributed by atoms with Crippen molar-refractivity contribution in [3.05, 3.63) is 82.9 Å². The van der Waals surface area contributed by atoms with Crippen LogP contribution in [-0.4, -0.2) is 28.2 Å². The quantitative estimate of drug-likeness (QED) is 0.593. The van der Waals surface area contributed by atoms with Crippen molar-refractivity contribution in [2.75, 3.05) is 17.2 Å². The van der Waals surface area contributed by atoms with Gasteiger partial charge in [0.2, 0.25) is 5.95 Å². The van der Waals surface area contributed by atoms with Gasteiger partial charge in [0.25, 0.3) is 5.91 Å². The normalized spacial score (nSPS) is 10.4. The lowest BCUT2D eigenvalue weighted by molar-refractivity contribution is 0.100. The number of benzene rings is 2. The number of carbonyl (C=O) groups excluding carboxylic acids is 2. The van der Waals surface area contributed by atoms with Crippen LogP contribution in [-0.2, 0) is 6.42 Å². The Hall–Kier alpha value is -3.61. The number of carbonyl (C=O) groups is 2. The second-order valence-electron chi connectivity index (χ2n) is 6.61. The zero-order chi connectivity index (χ0) is 20.8. The molecule has 6 nitrogen and oxygen atoms in total. The Morgan fingerprint density at radius 1 is 1.03 bits per heavy atom. The van der Waals surface area contributed by atoms with Crippen molar-refractivity contribution in [3.63, 3.8) is 0 Å². The lowest BCUT2D eigenvalue weighted by atomic mass is 10.1. The first kappa shape index (κ1) is 20.1. The van der Waals surface area contributed by atoms with Gasteiger partial charge in [-0.05, 0) is 56.2 Å². The first-order chi connectivity index (χ1) is 13.9. The fourth-order valence-electron chi connectivity index (χ4n) is 2.74. The minimum Gasteiger partial charge on any atom is -0.354 e. The van der Waals surface area contributed by atoms with Crippen molar-refractivity contribution < 1.29 is 14.0 Å². The molecular formula is C22H21FN4O2. The molecule has 2 N–H and O–H groups in total. The Morgan fingerprint density at radius 3 is 2.52 bits per heavy atom. The van der Waals surface area contributed by atoms with Crippen LogP contribution in [0.2, 0.25) is 0 Å². The molecule has 0 bridgehead atoms. The largest absolute Gasteiger partial charge is 0.354 e. The maximum Gasteiger partial charge on any atom is 0.274 e. The second kappa shape index (κ2) is 9.05. The highest BCUT2D eigenvalue weighted by molar-refractivity contribution is 6.04. The lowest BCUT2D eigenvalue weighted by Gasteiger charge is -2.09. The number of aryl methyl sites for hydroxylation is 1. The van der Waals surface area contributed by atoms with Gasteiger partial charge in [-0.1, -0.05) is 24.3 Å². The van der Waals surface area contributed by atoms with Gasteiger partial charge in [-0.2, -0.15) is 0 Å². The van der Waals surface area contributed by atoms with Gasteiger partial charge in [-0.15, -0.1) is 0 Å². The lowest BCUT2D eigenvalue weighted by Crippen LogP contribution is -2.17. The summed E-state index contributed by atoms with van der Waals surface area (Å²) >= 11 is 0. The number of aromatic nitrogens is 2. The van der Waals surface area contributed by atoms with Crippen LogP contribution in [0.25, 0.3) is 0 Å². The molecule has 0 radical (unpaired) electrons. The summed E-state index contributed by atoms with van der Waals surface area (Å²) in [5.41, 5.74) is 2.88. The van der Waals surface area contributed by atoms with Crippen molar-refractivity contribution in [1.82, 2.24) is 9.97 Å². The highest BCUT2D eigenvalue weighted by atomic mass is 19.1. The number of anilines is 2. The average molecular weight is 392 g/mol. The summed E-state index contributed by atoms with van der Waals surface area (Å²) in [7, 11) is 0. The molecule has 0 aliphatic carbocycles. The molecule has 3 rings (SSSR count). The van der Waals surface area contributed by atoms with E-state index in [4.69, 9.17) is 0 Å². The third-order valence-corrected chi connectivity index (χ3v) is 4.22. The van der Waals surface area contributed by atoms with E-state index in [-0.39, 0.29) is 17.3 Å². The van der Waals surface area contributed by atoms with E-state index in [1.807, 2.05) is 0 Å². The summed E-state index contributed by atoms with van der Waals surface area (Å²) in [4.78, 5) is 32.6. The van der Waals surface area contributed by atoms with Gasteiger partial charge >= 0.3 is 0 Å². The fourth-order valence-corrected chi connectivity index (χ4v) is 2.74. The van der Waals surface area contributed by atoms with Gasteiger partial charge < -0.3 is 10.6 Å². The maximum absolute atomic E-state index is 13.0. The first-order valence-corrected chi connectivity index (χ1v) is 9.17. The van der Waals surface area contributed by atoms with E-state index in [9.17, 15) is 14.0 Å². The van der Waals surface area contributed by atoms with Gasteiger partial charge in [0.15, 0.2) is 5.78 Å². The fraction of sp³-hybridized carbons (Fsp3) is 0.182. The van der Waals surface area contributed by atoms with Crippen LogP contribution in [0, 0.1) is 12.7 Å². The molecule has 0 spiro atoms. The number of rotatable bonds is 7. The monoisotopic (exact) mass is 392 g/mol. The predicted octanol–water partition coefficient (Wildman–Crippen LogP) is 4.03. The third kappa shape index (κ3) is 5.68. The molecule has 1 heterocycles. The Labute approximate surface area is 168 Å². The van der Waals surface area contributed by atoms with E-state index >= 15 is 0 Å². The minimum absolute atomic E-state index is 0.0772. The summed E-state index contributed by atoms with van der Waals surface area (Å²) in [5, 5.41) is 5.84.